The first kappa shape index (κ1) is 19.7. The van der Waals surface area contributed by atoms with Crippen molar-refractivity contribution in [2.45, 2.75) is 79.4 Å². The van der Waals surface area contributed by atoms with Gasteiger partial charge >= 0.3 is 0 Å². The molecule has 3 heteroatoms. The number of unbranched alkanes of at least 4 members (excludes halogenated alkanes) is 2. The van der Waals surface area contributed by atoms with E-state index in [1.54, 1.807) is 0 Å². The highest BCUT2D eigenvalue weighted by molar-refractivity contribution is 5.94. The molecule has 0 fully saturated rings. The van der Waals surface area contributed by atoms with Crippen LogP contribution in [0.4, 0.5) is 5.69 Å². The van der Waals surface area contributed by atoms with Crippen molar-refractivity contribution in [3.8, 4) is 0 Å². The first-order valence-corrected chi connectivity index (χ1v) is 8.80. The number of carbonyl (C=O) groups is 1. The number of amides is 1. The minimum Gasteiger partial charge on any atom is -0.392 e. The lowest BCUT2D eigenvalue weighted by Crippen LogP contribution is -2.40. The maximum Gasteiger partial charge on any atom is 0.227 e. The molecule has 0 aliphatic rings. The zero-order valence-corrected chi connectivity index (χ0v) is 15.4. The molecule has 1 atom stereocenters. The van der Waals surface area contributed by atoms with E-state index in [0.29, 0.717) is 6.42 Å². The van der Waals surface area contributed by atoms with E-state index in [4.69, 9.17) is 0 Å². The van der Waals surface area contributed by atoms with Crippen molar-refractivity contribution in [2.24, 2.45) is 5.41 Å². The molecule has 130 valence electrons. The molecule has 0 aliphatic carbocycles. The smallest absolute Gasteiger partial charge is 0.227 e. The zero-order valence-electron chi connectivity index (χ0n) is 15.4. The molecule has 0 aromatic heterocycles. The minimum atomic E-state index is -0.0347. The topological polar surface area (TPSA) is 40.5 Å². The maximum absolute atomic E-state index is 12.9. The minimum absolute atomic E-state index is 0.000638. The fraction of sp³-hybridized carbons (Fsp3) is 0.650. The lowest BCUT2D eigenvalue weighted by Gasteiger charge is -2.32. The number of carbonyl (C=O) groups excluding carboxylic acids is 1. The molecule has 1 unspecified atom stereocenters. The van der Waals surface area contributed by atoms with Gasteiger partial charge in [-0.2, -0.15) is 0 Å². The average molecular weight is 319 g/mol. The summed E-state index contributed by atoms with van der Waals surface area (Å²) in [6, 6.07) is 7.87. The summed E-state index contributed by atoms with van der Waals surface area (Å²) in [6.45, 7) is 10.6. The fourth-order valence-corrected chi connectivity index (χ4v) is 2.81. The van der Waals surface area contributed by atoms with Gasteiger partial charge in [-0.25, -0.2) is 0 Å². The van der Waals surface area contributed by atoms with Gasteiger partial charge in [0.1, 0.15) is 0 Å². The third-order valence-electron chi connectivity index (χ3n) is 3.99. The highest BCUT2D eigenvalue weighted by Gasteiger charge is 2.26. The van der Waals surface area contributed by atoms with E-state index in [-0.39, 0.29) is 24.0 Å². The number of aliphatic hydroxyl groups is 1. The molecule has 1 aromatic rings. The molecule has 0 bridgehead atoms. The van der Waals surface area contributed by atoms with Crippen LogP contribution in [0.25, 0.3) is 0 Å². The molecule has 1 aromatic carbocycles. The zero-order chi connectivity index (χ0) is 17.5. The molecule has 0 saturated heterocycles. The monoisotopic (exact) mass is 319 g/mol. The van der Waals surface area contributed by atoms with Crippen LogP contribution in [0.5, 0.6) is 0 Å². The van der Waals surface area contributed by atoms with Crippen LogP contribution in [0, 0.1) is 5.41 Å². The van der Waals surface area contributed by atoms with Crippen LogP contribution in [0.15, 0.2) is 24.3 Å². The Labute approximate surface area is 141 Å². The SMILES string of the molecule is CCCCCC(C)N(C(=O)CC(C)(C)C)c1cccc(CO)c1. The molecule has 0 spiro atoms. The number of nitrogens with zero attached hydrogens (tertiary/aromatic N) is 1. The van der Waals surface area contributed by atoms with Crippen molar-refractivity contribution in [1.82, 2.24) is 0 Å². The van der Waals surface area contributed by atoms with Gasteiger partial charge in [-0.05, 0) is 36.5 Å². The van der Waals surface area contributed by atoms with E-state index in [2.05, 4.69) is 34.6 Å². The summed E-state index contributed by atoms with van der Waals surface area (Å²) >= 11 is 0. The summed E-state index contributed by atoms with van der Waals surface area (Å²) in [6.07, 6.45) is 5.04. The lowest BCUT2D eigenvalue weighted by atomic mass is 9.91. The van der Waals surface area contributed by atoms with Crippen LogP contribution in [0.3, 0.4) is 0 Å². The number of anilines is 1. The predicted molar refractivity (Wildman–Crippen MR) is 97.5 cm³/mol. The molecule has 3 nitrogen and oxygen atoms in total. The summed E-state index contributed by atoms with van der Waals surface area (Å²) in [5.41, 5.74) is 1.71. The van der Waals surface area contributed by atoms with Gasteiger partial charge in [0, 0.05) is 18.2 Å². The fourth-order valence-electron chi connectivity index (χ4n) is 2.81. The van der Waals surface area contributed by atoms with Gasteiger partial charge in [0.25, 0.3) is 0 Å². The highest BCUT2D eigenvalue weighted by Crippen LogP contribution is 2.27. The predicted octanol–water partition coefficient (Wildman–Crippen LogP) is 4.92. The third-order valence-corrected chi connectivity index (χ3v) is 3.99. The maximum atomic E-state index is 12.9. The van der Waals surface area contributed by atoms with E-state index in [1.807, 2.05) is 29.2 Å². The van der Waals surface area contributed by atoms with Crippen LogP contribution in [-0.4, -0.2) is 17.1 Å². The molecule has 1 amide bonds. The third kappa shape index (κ3) is 6.74. The first-order chi connectivity index (χ1) is 10.8. The van der Waals surface area contributed by atoms with Crippen LogP contribution >= 0.6 is 0 Å². The normalized spacial score (nSPS) is 13.0. The second kappa shape index (κ2) is 9.07. The molecular formula is C20H33NO2. The van der Waals surface area contributed by atoms with Crippen molar-refractivity contribution in [3.05, 3.63) is 29.8 Å². The summed E-state index contributed by atoms with van der Waals surface area (Å²) in [5, 5.41) is 9.38. The van der Waals surface area contributed by atoms with Gasteiger partial charge in [-0.1, -0.05) is 59.1 Å². The molecular weight excluding hydrogens is 286 g/mol. The molecule has 0 saturated carbocycles. The van der Waals surface area contributed by atoms with Gasteiger partial charge in [-0.15, -0.1) is 0 Å². The van der Waals surface area contributed by atoms with E-state index < -0.39 is 0 Å². The Morgan fingerprint density at radius 1 is 1.26 bits per heavy atom. The quantitative estimate of drug-likeness (QED) is 0.691. The molecule has 23 heavy (non-hydrogen) atoms. The van der Waals surface area contributed by atoms with Crippen molar-refractivity contribution in [2.75, 3.05) is 4.90 Å². The van der Waals surface area contributed by atoms with E-state index >= 15 is 0 Å². The Morgan fingerprint density at radius 2 is 1.96 bits per heavy atom. The second-order valence-corrected chi connectivity index (χ2v) is 7.67. The summed E-state index contributed by atoms with van der Waals surface area (Å²) < 4.78 is 0. The van der Waals surface area contributed by atoms with Gasteiger partial charge in [0.05, 0.1) is 6.61 Å². The van der Waals surface area contributed by atoms with Crippen molar-refractivity contribution in [1.29, 1.82) is 0 Å². The summed E-state index contributed by atoms with van der Waals surface area (Å²) in [7, 11) is 0. The highest BCUT2D eigenvalue weighted by atomic mass is 16.3. The standard InChI is InChI=1S/C20H33NO2/c1-6-7-8-10-16(2)21(19(23)14-20(3,4)5)18-12-9-11-17(13-18)15-22/h9,11-13,16,22H,6-8,10,14-15H2,1-5H3. The number of rotatable bonds is 8. The molecule has 0 aliphatic heterocycles. The van der Waals surface area contributed by atoms with Gasteiger partial charge in [0.2, 0.25) is 5.91 Å². The molecule has 0 radical (unpaired) electrons. The first-order valence-electron chi connectivity index (χ1n) is 8.80. The summed E-state index contributed by atoms with van der Waals surface area (Å²) in [5.74, 6) is 0.164. The Balaban J connectivity index is 3.01. The van der Waals surface area contributed by atoms with Crippen LogP contribution in [-0.2, 0) is 11.4 Å². The largest absolute Gasteiger partial charge is 0.392 e. The van der Waals surface area contributed by atoms with Gasteiger partial charge in [-0.3, -0.25) is 4.79 Å². The second-order valence-electron chi connectivity index (χ2n) is 7.67. The number of benzene rings is 1. The van der Waals surface area contributed by atoms with E-state index in [1.165, 1.54) is 12.8 Å². The average Bonchev–Trinajstić information content (AvgIpc) is 2.46. The molecule has 1 rings (SSSR count). The Bertz CT molecular complexity index is 491. The number of aliphatic hydroxyl groups excluding tert-OH is 1. The van der Waals surface area contributed by atoms with Gasteiger partial charge in [0.15, 0.2) is 0 Å². The molecule has 0 heterocycles. The van der Waals surface area contributed by atoms with E-state index in [0.717, 1.165) is 24.1 Å². The van der Waals surface area contributed by atoms with Crippen molar-refractivity contribution < 1.29 is 9.90 Å². The number of hydrogen-bond donors (Lipinski definition) is 1. The Morgan fingerprint density at radius 3 is 2.52 bits per heavy atom. The summed E-state index contributed by atoms with van der Waals surface area (Å²) in [4.78, 5) is 14.8. The van der Waals surface area contributed by atoms with Crippen LogP contribution < -0.4 is 4.90 Å². The van der Waals surface area contributed by atoms with Crippen molar-refractivity contribution in [3.63, 3.8) is 0 Å². The van der Waals surface area contributed by atoms with Gasteiger partial charge < -0.3 is 10.0 Å². The Kier molecular flexibility index (Phi) is 7.77. The van der Waals surface area contributed by atoms with Crippen molar-refractivity contribution >= 4 is 11.6 Å². The van der Waals surface area contributed by atoms with Crippen LogP contribution in [0.2, 0.25) is 0 Å². The lowest BCUT2D eigenvalue weighted by molar-refractivity contribution is -0.120. The number of hydrogen-bond acceptors (Lipinski definition) is 2. The Hall–Kier alpha value is -1.35. The van der Waals surface area contributed by atoms with Crippen LogP contribution in [0.1, 0.15) is 72.3 Å². The van der Waals surface area contributed by atoms with E-state index in [9.17, 15) is 9.90 Å². The molecule has 1 N–H and O–H groups in total.